The molecule has 1 amide bonds. The Kier molecular flexibility index (Phi) is 7.14. The highest BCUT2D eigenvalue weighted by Gasteiger charge is 2.24. The van der Waals surface area contributed by atoms with Crippen LogP contribution in [0.2, 0.25) is 0 Å². The standard InChI is InChI=1S/C25H31N5O4/c1-4-26-24(31)22-20(25(32)33)8-9-21-23(22)27-17(2)30(21)19-7-5-6-18(16-19)29-12-10-28(11-13-29)14-15-34-3/h5-9,16H,4,10-15H2,1-3H3,(H,26,31)(H,32,33). The molecule has 34 heavy (non-hydrogen) atoms. The van der Waals surface area contributed by atoms with Crippen LogP contribution in [0.25, 0.3) is 16.7 Å². The number of amides is 1. The number of hydrogen-bond donors (Lipinski definition) is 2. The van der Waals surface area contributed by atoms with Crippen LogP contribution in [0.15, 0.2) is 36.4 Å². The zero-order valence-electron chi connectivity index (χ0n) is 19.9. The lowest BCUT2D eigenvalue weighted by Crippen LogP contribution is -2.47. The number of hydrogen-bond acceptors (Lipinski definition) is 6. The summed E-state index contributed by atoms with van der Waals surface area (Å²) in [6, 6.07) is 11.5. The summed E-state index contributed by atoms with van der Waals surface area (Å²) in [5.74, 6) is -0.901. The van der Waals surface area contributed by atoms with Crippen LogP contribution in [0.4, 0.5) is 5.69 Å². The van der Waals surface area contributed by atoms with Gasteiger partial charge in [-0.25, -0.2) is 9.78 Å². The van der Waals surface area contributed by atoms with Gasteiger partial charge in [-0.15, -0.1) is 0 Å². The lowest BCUT2D eigenvalue weighted by atomic mass is 10.0. The minimum absolute atomic E-state index is 0.0526. The Morgan fingerprint density at radius 1 is 1.12 bits per heavy atom. The molecule has 0 saturated carbocycles. The number of carbonyl (C=O) groups is 2. The average Bonchev–Trinajstić information content (AvgIpc) is 3.18. The summed E-state index contributed by atoms with van der Waals surface area (Å²) in [6.45, 7) is 9.56. The second-order valence-electron chi connectivity index (χ2n) is 8.36. The summed E-state index contributed by atoms with van der Waals surface area (Å²) in [5.41, 5.74) is 3.17. The molecule has 1 saturated heterocycles. The number of benzene rings is 2. The molecule has 0 atom stereocenters. The normalized spacial score (nSPS) is 14.5. The summed E-state index contributed by atoms with van der Waals surface area (Å²) in [7, 11) is 1.73. The van der Waals surface area contributed by atoms with Gasteiger partial charge in [0.1, 0.15) is 11.3 Å². The van der Waals surface area contributed by atoms with Crippen molar-refractivity contribution < 1.29 is 19.4 Å². The monoisotopic (exact) mass is 465 g/mol. The summed E-state index contributed by atoms with van der Waals surface area (Å²) < 4.78 is 7.17. The number of carboxylic acid groups (broad SMARTS) is 1. The third kappa shape index (κ3) is 4.62. The van der Waals surface area contributed by atoms with Crippen LogP contribution < -0.4 is 10.2 Å². The van der Waals surface area contributed by atoms with Gasteiger partial charge in [-0.3, -0.25) is 14.3 Å². The molecule has 0 unspecified atom stereocenters. The number of nitrogens with one attached hydrogen (secondary N) is 1. The third-order valence-electron chi connectivity index (χ3n) is 6.23. The van der Waals surface area contributed by atoms with E-state index in [1.54, 1.807) is 20.1 Å². The number of carboxylic acids is 1. The molecule has 0 aliphatic carbocycles. The summed E-state index contributed by atoms with van der Waals surface area (Å²) in [6.07, 6.45) is 0. The van der Waals surface area contributed by atoms with Crippen LogP contribution >= 0.6 is 0 Å². The largest absolute Gasteiger partial charge is 0.478 e. The molecule has 2 N–H and O–H groups in total. The number of aromatic carboxylic acids is 1. The quantitative estimate of drug-likeness (QED) is 0.527. The van der Waals surface area contributed by atoms with Crippen LogP contribution in [0.3, 0.4) is 0 Å². The van der Waals surface area contributed by atoms with Crippen LogP contribution in [0.5, 0.6) is 0 Å². The maximum absolute atomic E-state index is 12.8. The summed E-state index contributed by atoms with van der Waals surface area (Å²) in [4.78, 5) is 33.9. The van der Waals surface area contributed by atoms with Gasteiger partial charge in [-0.1, -0.05) is 6.07 Å². The zero-order valence-corrected chi connectivity index (χ0v) is 19.9. The SMILES string of the molecule is CCNC(=O)c1c(C(=O)O)ccc2c1nc(C)n2-c1cccc(N2CCN(CCOC)CC2)c1. The molecule has 1 fully saturated rings. The highest BCUT2D eigenvalue weighted by Crippen LogP contribution is 2.29. The van der Waals surface area contributed by atoms with E-state index in [9.17, 15) is 14.7 Å². The van der Waals surface area contributed by atoms with Gasteiger partial charge in [0.15, 0.2) is 0 Å². The Balaban J connectivity index is 1.70. The molecular formula is C25H31N5O4. The lowest BCUT2D eigenvalue weighted by molar-refractivity contribution is 0.0691. The Bertz CT molecular complexity index is 1200. The first-order valence-corrected chi connectivity index (χ1v) is 11.5. The van der Waals surface area contributed by atoms with E-state index < -0.39 is 11.9 Å². The predicted octanol–water partition coefficient (Wildman–Crippen LogP) is 2.55. The van der Waals surface area contributed by atoms with Crippen molar-refractivity contribution in [3.05, 3.63) is 53.3 Å². The van der Waals surface area contributed by atoms with Gasteiger partial charge >= 0.3 is 5.97 Å². The van der Waals surface area contributed by atoms with E-state index in [0.717, 1.165) is 50.7 Å². The Morgan fingerprint density at radius 3 is 2.53 bits per heavy atom. The fourth-order valence-electron chi connectivity index (χ4n) is 4.52. The van der Waals surface area contributed by atoms with E-state index in [0.29, 0.717) is 23.4 Å². The van der Waals surface area contributed by atoms with E-state index >= 15 is 0 Å². The highest BCUT2D eigenvalue weighted by molar-refractivity contribution is 6.13. The van der Waals surface area contributed by atoms with Gasteiger partial charge in [0.2, 0.25) is 0 Å². The molecule has 0 spiro atoms. The molecule has 2 heterocycles. The first-order valence-electron chi connectivity index (χ1n) is 11.5. The van der Waals surface area contributed by atoms with Gasteiger partial charge in [-0.2, -0.15) is 0 Å². The van der Waals surface area contributed by atoms with E-state index in [1.165, 1.54) is 6.07 Å². The molecule has 9 heteroatoms. The Labute approximate surface area is 198 Å². The molecule has 4 rings (SSSR count). The van der Waals surface area contributed by atoms with Gasteiger partial charge < -0.3 is 20.1 Å². The number of rotatable bonds is 8. The second-order valence-corrected chi connectivity index (χ2v) is 8.36. The maximum atomic E-state index is 12.8. The van der Waals surface area contributed by atoms with E-state index in [4.69, 9.17) is 4.74 Å². The first kappa shape index (κ1) is 23.7. The van der Waals surface area contributed by atoms with Crippen LogP contribution in [0.1, 0.15) is 33.5 Å². The number of methoxy groups -OCH3 is 1. The molecule has 0 bridgehead atoms. The topological polar surface area (TPSA) is 99.9 Å². The number of ether oxygens (including phenoxy) is 1. The average molecular weight is 466 g/mol. The molecule has 1 aromatic heterocycles. The van der Waals surface area contributed by atoms with Crippen molar-refractivity contribution >= 4 is 28.6 Å². The zero-order chi connectivity index (χ0) is 24.2. The van der Waals surface area contributed by atoms with E-state index in [-0.39, 0.29) is 11.1 Å². The van der Waals surface area contributed by atoms with E-state index in [2.05, 4.69) is 32.2 Å². The number of anilines is 1. The molecule has 2 aromatic carbocycles. The number of piperazine rings is 1. The van der Waals surface area contributed by atoms with Crippen LogP contribution in [-0.2, 0) is 4.74 Å². The molecule has 1 aliphatic heterocycles. The lowest BCUT2D eigenvalue weighted by Gasteiger charge is -2.36. The molecular weight excluding hydrogens is 434 g/mol. The van der Waals surface area contributed by atoms with Crippen molar-refractivity contribution in [1.29, 1.82) is 0 Å². The van der Waals surface area contributed by atoms with Crippen molar-refractivity contribution in [2.24, 2.45) is 0 Å². The number of aromatic nitrogens is 2. The fourth-order valence-corrected chi connectivity index (χ4v) is 4.52. The molecule has 1 aliphatic rings. The van der Waals surface area contributed by atoms with E-state index in [1.807, 2.05) is 23.6 Å². The molecule has 3 aromatic rings. The maximum Gasteiger partial charge on any atom is 0.336 e. The number of carbonyl (C=O) groups excluding carboxylic acids is 1. The number of nitrogens with zero attached hydrogens (tertiary/aromatic N) is 4. The van der Waals surface area contributed by atoms with Crippen molar-refractivity contribution in [2.75, 3.05) is 57.9 Å². The third-order valence-corrected chi connectivity index (χ3v) is 6.23. The first-order chi connectivity index (χ1) is 16.4. The fraction of sp³-hybridized carbons (Fsp3) is 0.400. The minimum atomic E-state index is -1.15. The predicted molar refractivity (Wildman–Crippen MR) is 131 cm³/mol. The number of fused-ring (bicyclic) bond motifs is 1. The van der Waals surface area contributed by atoms with Crippen molar-refractivity contribution in [1.82, 2.24) is 19.8 Å². The molecule has 9 nitrogen and oxygen atoms in total. The van der Waals surface area contributed by atoms with Crippen molar-refractivity contribution in [2.45, 2.75) is 13.8 Å². The Hall–Kier alpha value is -3.43. The minimum Gasteiger partial charge on any atom is -0.478 e. The molecule has 0 radical (unpaired) electrons. The highest BCUT2D eigenvalue weighted by atomic mass is 16.5. The second kappa shape index (κ2) is 10.2. The summed E-state index contributed by atoms with van der Waals surface area (Å²) in [5, 5.41) is 12.4. The van der Waals surface area contributed by atoms with Crippen LogP contribution in [0, 0.1) is 6.92 Å². The molecule has 180 valence electrons. The summed E-state index contributed by atoms with van der Waals surface area (Å²) >= 11 is 0. The van der Waals surface area contributed by atoms with Gasteiger partial charge in [0, 0.05) is 57.8 Å². The van der Waals surface area contributed by atoms with Gasteiger partial charge in [-0.05, 0) is 44.2 Å². The van der Waals surface area contributed by atoms with Gasteiger partial charge in [0.05, 0.1) is 23.3 Å². The van der Waals surface area contributed by atoms with Crippen LogP contribution in [-0.4, -0.2) is 84.4 Å². The number of aryl methyl sites for hydroxylation is 1. The number of imidazole rings is 1. The van der Waals surface area contributed by atoms with Crippen molar-refractivity contribution in [3.63, 3.8) is 0 Å². The van der Waals surface area contributed by atoms with Crippen molar-refractivity contribution in [3.8, 4) is 5.69 Å². The van der Waals surface area contributed by atoms with Gasteiger partial charge in [0.25, 0.3) is 5.91 Å². The smallest absolute Gasteiger partial charge is 0.336 e. The Morgan fingerprint density at radius 2 is 1.85 bits per heavy atom.